The molecule has 41 heavy (non-hydrogen) atoms. The standard InChI is InChI=1S/C31H28FN7OS/c1-37-9-11-38(12-10-37)28(40)15-20-5-7-25-27(14-20)41-31-29(25)30(33-19-34-31)36-24-6-8-26-22(16-24)17-35-39(26)18-21-3-2-4-23(32)13-21/h2-8,13-14,16-17,19H,9-12,15,18H2,1H3,(H,33,34,36). The Hall–Kier alpha value is -4.41. The quantitative estimate of drug-likeness (QED) is 0.290. The van der Waals surface area contributed by atoms with Crippen molar-refractivity contribution in [1.29, 1.82) is 0 Å². The number of piperazine rings is 1. The van der Waals surface area contributed by atoms with Gasteiger partial charge < -0.3 is 15.1 Å². The average molecular weight is 566 g/mol. The predicted octanol–water partition coefficient (Wildman–Crippen LogP) is 5.44. The van der Waals surface area contributed by atoms with Gasteiger partial charge in [0.05, 0.1) is 30.1 Å². The first-order chi connectivity index (χ1) is 20.0. The van der Waals surface area contributed by atoms with Gasteiger partial charge in [0, 0.05) is 47.3 Å². The lowest BCUT2D eigenvalue weighted by Gasteiger charge is -2.32. The summed E-state index contributed by atoms with van der Waals surface area (Å²) in [5.41, 5.74) is 3.72. The molecule has 10 heteroatoms. The van der Waals surface area contributed by atoms with Crippen LogP contribution in [0.25, 0.3) is 31.2 Å². The molecule has 6 aromatic rings. The van der Waals surface area contributed by atoms with Crippen molar-refractivity contribution in [2.45, 2.75) is 13.0 Å². The maximum atomic E-state index is 13.6. The number of aromatic nitrogens is 4. The van der Waals surface area contributed by atoms with Crippen LogP contribution in [0.5, 0.6) is 0 Å². The summed E-state index contributed by atoms with van der Waals surface area (Å²) in [5.74, 6) is 0.655. The summed E-state index contributed by atoms with van der Waals surface area (Å²) in [6.45, 7) is 3.89. The normalized spacial score (nSPS) is 14.3. The highest BCUT2D eigenvalue weighted by Crippen LogP contribution is 2.37. The van der Waals surface area contributed by atoms with Gasteiger partial charge in [-0.2, -0.15) is 5.10 Å². The first kappa shape index (κ1) is 25.6. The average Bonchev–Trinajstić information content (AvgIpc) is 3.54. The van der Waals surface area contributed by atoms with Crippen molar-refractivity contribution in [3.63, 3.8) is 0 Å². The lowest BCUT2D eigenvalue weighted by atomic mass is 10.1. The molecular weight excluding hydrogens is 537 g/mol. The van der Waals surface area contributed by atoms with Crippen LogP contribution >= 0.6 is 11.3 Å². The minimum Gasteiger partial charge on any atom is -0.340 e. The molecule has 1 amide bonds. The van der Waals surface area contributed by atoms with Gasteiger partial charge in [0.15, 0.2) is 0 Å². The van der Waals surface area contributed by atoms with Gasteiger partial charge in [-0.15, -0.1) is 11.3 Å². The zero-order valence-corrected chi connectivity index (χ0v) is 23.4. The van der Waals surface area contributed by atoms with E-state index < -0.39 is 0 Å². The van der Waals surface area contributed by atoms with Gasteiger partial charge in [-0.3, -0.25) is 9.48 Å². The Labute approximate surface area is 240 Å². The molecule has 1 fully saturated rings. The second-order valence-corrected chi connectivity index (χ2v) is 11.6. The van der Waals surface area contributed by atoms with Crippen LogP contribution in [-0.2, 0) is 17.8 Å². The molecule has 8 nitrogen and oxygen atoms in total. The SMILES string of the molecule is CN1CCN(C(=O)Cc2ccc3c(c2)sc2ncnc(Nc4ccc5c(cnn5Cc5cccc(F)c5)c4)c23)CC1. The van der Waals surface area contributed by atoms with Crippen LogP contribution in [0.2, 0.25) is 0 Å². The lowest BCUT2D eigenvalue weighted by molar-refractivity contribution is -0.132. The molecule has 0 atom stereocenters. The Morgan fingerprint density at radius 3 is 2.73 bits per heavy atom. The second kappa shape index (κ2) is 10.5. The summed E-state index contributed by atoms with van der Waals surface area (Å²) in [5, 5.41) is 11.0. The number of nitrogens with zero attached hydrogens (tertiary/aromatic N) is 6. The minimum atomic E-state index is -0.252. The van der Waals surface area contributed by atoms with Crippen molar-refractivity contribution >= 4 is 60.0 Å². The van der Waals surface area contributed by atoms with Gasteiger partial charge in [0.1, 0.15) is 22.8 Å². The van der Waals surface area contributed by atoms with Gasteiger partial charge in [0.25, 0.3) is 0 Å². The molecule has 0 unspecified atom stereocenters. The Morgan fingerprint density at radius 2 is 1.88 bits per heavy atom. The summed E-state index contributed by atoms with van der Waals surface area (Å²) >= 11 is 1.61. The maximum Gasteiger partial charge on any atom is 0.227 e. The fourth-order valence-corrected chi connectivity index (χ4v) is 6.54. The van der Waals surface area contributed by atoms with Crippen molar-refractivity contribution in [3.05, 3.63) is 90.1 Å². The molecule has 0 spiro atoms. The number of fused-ring (bicyclic) bond motifs is 4. The summed E-state index contributed by atoms with van der Waals surface area (Å²) in [7, 11) is 2.09. The number of halogens is 1. The number of carbonyl (C=O) groups excluding carboxylic acids is 1. The van der Waals surface area contributed by atoms with E-state index in [0.29, 0.717) is 13.0 Å². The molecule has 0 aliphatic carbocycles. The molecule has 0 saturated carbocycles. The molecule has 3 aromatic heterocycles. The highest BCUT2D eigenvalue weighted by Gasteiger charge is 2.20. The maximum absolute atomic E-state index is 13.6. The third-order valence-corrected chi connectivity index (χ3v) is 8.73. The van der Waals surface area contributed by atoms with Gasteiger partial charge in [-0.05, 0) is 54.6 Å². The summed E-state index contributed by atoms with van der Waals surface area (Å²) in [4.78, 5) is 27.1. The van der Waals surface area contributed by atoms with Crippen LogP contribution in [0.3, 0.4) is 0 Å². The van der Waals surface area contributed by atoms with E-state index in [2.05, 4.69) is 44.5 Å². The number of amides is 1. The van der Waals surface area contributed by atoms with Crippen molar-refractivity contribution in [2.75, 3.05) is 38.5 Å². The third kappa shape index (κ3) is 5.12. The molecule has 1 aliphatic heterocycles. The zero-order valence-electron chi connectivity index (χ0n) is 22.5. The molecule has 0 bridgehead atoms. The fourth-order valence-electron chi connectivity index (χ4n) is 5.43. The molecule has 1 saturated heterocycles. The number of hydrogen-bond donors (Lipinski definition) is 1. The van der Waals surface area contributed by atoms with E-state index in [-0.39, 0.29) is 11.7 Å². The molecule has 7 rings (SSSR count). The third-order valence-electron chi connectivity index (χ3n) is 7.67. The smallest absolute Gasteiger partial charge is 0.227 e. The van der Waals surface area contributed by atoms with Gasteiger partial charge in [-0.1, -0.05) is 24.3 Å². The Balaban J connectivity index is 1.13. The largest absolute Gasteiger partial charge is 0.340 e. The molecule has 4 heterocycles. The molecular formula is C31H28FN7OS. The number of hydrogen-bond acceptors (Lipinski definition) is 7. The summed E-state index contributed by atoms with van der Waals surface area (Å²) in [6, 6.07) is 18.9. The lowest BCUT2D eigenvalue weighted by Crippen LogP contribution is -2.47. The van der Waals surface area contributed by atoms with Crippen molar-refractivity contribution < 1.29 is 9.18 Å². The van der Waals surface area contributed by atoms with E-state index in [0.717, 1.165) is 80.0 Å². The van der Waals surface area contributed by atoms with E-state index in [4.69, 9.17) is 0 Å². The Bertz CT molecular complexity index is 1910. The zero-order chi connectivity index (χ0) is 27.9. The highest BCUT2D eigenvalue weighted by molar-refractivity contribution is 7.25. The van der Waals surface area contributed by atoms with Crippen LogP contribution in [0.15, 0.2) is 73.2 Å². The predicted molar refractivity (Wildman–Crippen MR) is 161 cm³/mol. The number of rotatable bonds is 6. The number of thiophene rings is 1. The van der Waals surface area contributed by atoms with E-state index in [9.17, 15) is 9.18 Å². The van der Waals surface area contributed by atoms with Gasteiger partial charge in [0.2, 0.25) is 5.91 Å². The van der Waals surface area contributed by atoms with Crippen molar-refractivity contribution in [2.24, 2.45) is 0 Å². The second-order valence-electron chi connectivity index (χ2n) is 10.5. The Morgan fingerprint density at radius 1 is 1.00 bits per heavy atom. The number of benzene rings is 3. The molecule has 1 N–H and O–H groups in total. The molecule has 0 radical (unpaired) electrons. The molecule has 3 aromatic carbocycles. The van der Waals surface area contributed by atoms with Crippen molar-refractivity contribution in [3.8, 4) is 0 Å². The first-order valence-electron chi connectivity index (χ1n) is 13.6. The van der Waals surface area contributed by atoms with Crippen LogP contribution in [-0.4, -0.2) is 68.7 Å². The van der Waals surface area contributed by atoms with Crippen LogP contribution in [0, 0.1) is 5.82 Å². The molecule has 206 valence electrons. The van der Waals surface area contributed by atoms with Crippen LogP contribution in [0.4, 0.5) is 15.9 Å². The van der Waals surface area contributed by atoms with E-state index >= 15 is 0 Å². The number of likely N-dealkylation sites (N-methyl/N-ethyl adjacent to an activating group) is 1. The van der Waals surface area contributed by atoms with Crippen LogP contribution in [0.1, 0.15) is 11.1 Å². The Kier molecular flexibility index (Phi) is 6.56. The first-order valence-corrected chi connectivity index (χ1v) is 14.4. The van der Waals surface area contributed by atoms with E-state index in [1.807, 2.05) is 46.1 Å². The topological polar surface area (TPSA) is 79.2 Å². The van der Waals surface area contributed by atoms with Crippen molar-refractivity contribution in [1.82, 2.24) is 29.5 Å². The van der Waals surface area contributed by atoms with Gasteiger partial charge >= 0.3 is 0 Å². The summed E-state index contributed by atoms with van der Waals surface area (Å²) < 4.78 is 16.6. The van der Waals surface area contributed by atoms with E-state index in [1.54, 1.807) is 23.7 Å². The number of carbonyl (C=O) groups is 1. The fraction of sp³-hybridized carbons (Fsp3) is 0.226. The number of nitrogens with one attached hydrogen (secondary N) is 1. The van der Waals surface area contributed by atoms with E-state index in [1.165, 1.54) is 12.1 Å². The number of anilines is 2. The van der Waals surface area contributed by atoms with Crippen LogP contribution < -0.4 is 5.32 Å². The minimum absolute atomic E-state index is 0.176. The highest BCUT2D eigenvalue weighted by atomic mass is 32.1. The monoisotopic (exact) mass is 565 g/mol. The molecule has 1 aliphatic rings. The summed E-state index contributed by atoms with van der Waals surface area (Å²) in [6.07, 6.45) is 3.80. The van der Waals surface area contributed by atoms with Gasteiger partial charge in [-0.25, -0.2) is 14.4 Å².